The number of rotatable bonds is 4. The Morgan fingerprint density at radius 2 is 2.08 bits per heavy atom. The summed E-state index contributed by atoms with van der Waals surface area (Å²) in [4.78, 5) is 15.0. The molecular formula is C18H27N5O. The quantitative estimate of drug-likeness (QED) is 0.864. The van der Waals surface area contributed by atoms with Crippen LogP contribution in [0.1, 0.15) is 41.8 Å². The van der Waals surface area contributed by atoms with E-state index in [2.05, 4.69) is 15.1 Å². The zero-order valence-electron chi connectivity index (χ0n) is 15.1. The third-order valence-corrected chi connectivity index (χ3v) is 5.09. The minimum Gasteiger partial charge on any atom is -0.338 e. The number of aryl methyl sites for hydroxylation is 3. The summed E-state index contributed by atoms with van der Waals surface area (Å²) in [5, 5.41) is 8.81. The monoisotopic (exact) mass is 329 g/mol. The van der Waals surface area contributed by atoms with E-state index in [0.717, 1.165) is 48.4 Å². The number of nitrogens with zero attached hydrogens (tertiary/aromatic N) is 5. The lowest BCUT2D eigenvalue weighted by Crippen LogP contribution is -2.46. The zero-order valence-corrected chi connectivity index (χ0v) is 15.1. The van der Waals surface area contributed by atoms with E-state index in [4.69, 9.17) is 0 Å². The van der Waals surface area contributed by atoms with Gasteiger partial charge in [-0.2, -0.15) is 10.2 Å². The lowest BCUT2D eigenvalue weighted by Gasteiger charge is -2.36. The number of piperidine rings is 1. The largest absolute Gasteiger partial charge is 0.338 e. The van der Waals surface area contributed by atoms with Crippen molar-refractivity contribution in [1.82, 2.24) is 24.5 Å². The minimum atomic E-state index is 0.211. The fraction of sp³-hybridized carbons (Fsp3) is 0.611. The topological polar surface area (TPSA) is 56.0 Å². The number of hydrogen-bond donors (Lipinski definition) is 0. The van der Waals surface area contributed by atoms with Crippen molar-refractivity contribution in [3.8, 4) is 0 Å². The van der Waals surface area contributed by atoms with E-state index in [1.54, 1.807) is 0 Å². The fourth-order valence-corrected chi connectivity index (χ4v) is 3.63. The Hall–Kier alpha value is -2.11. The van der Waals surface area contributed by atoms with Gasteiger partial charge in [-0.15, -0.1) is 0 Å². The molecule has 0 radical (unpaired) electrons. The molecule has 24 heavy (non-hydrogen) atoms. The highest BCUT2D eigenvalue weighted by Crippen LogP contribution is 2.21. The van der Waals surface area contributed by atoms with Crippen LogP contribution in [0.2, 0.25) is 0 Å². The lowest BCUT2D eigenvalue weighted by atomic mass is 10.00. The molecule has 6 nitrogen and oxygen atoms in total. The molecule has 1 aliphatic heterocycles. The van der Waals surface area contributed by atoms with Crippen LogP contribution in [-0.2, 0) is 24.8 Å². The highest BCUT2D eigenvalue weighted by molar-refractivity contribution is 5.79. The number of carbonyl (C=O) groups is 1. The van der Waals surface area contributed by atoms with Gasteiger partial charge >= 0.3 is 0 Å². The molecule has 130 valence electrons. The van der Waals surface area contributed by atoms with Crippen LogP contribution in [0, 0.1) is 20.8 Å². The highest BCUT2D eigenvalue weighted by atomic mass is 16.2. The van der Waals surface area contributed by atoms with Gasteiger partial charge in [-0.3, -0.25) is 14.2 Å². The molecule has 1 saturated heterocycles. The smallest absolute Gasteiger partial charge is 0.227 e. The second-order valence-corrected chi connectivity index (χ2v) is 6.93. The number of amides is 1. The van der Waals surface area contributed by atoms with Crippen molar-refractivity contribution in [2.24, 2.45) is 7.05 Å². The maximum Gasteiger partial charge on any atom is 0.227 e. The average molecular weight is 329 g/mol. The van der Waals surface area contributed by atoms with Crippen LogP contribution in [0.4, 0.5) is 0 Å². The summed E-state index contributed by atoms with van der Waals surface area (Å²) in [5.74, 6) is 0.211. The van der Waals surface area contributed by atoms with Crippen molar-refractivity contribution < 1.29 is 4.79 Å². The van der Waals surface area contributed by atoms with Crippen molar-refractivity contribution in [2.45, 2.75) is 59.0 Å². The van der Waals surface area contributed by atoms with Gasteiger partial charge in [0.25, 0.3) is 0 Å². The molecule has 1 fully saturated rings. The van der Waals surface area contributed by atoms with Gasteiger partial charge in [0.2, 0.25) is 5.91 Å². The van der Waals surface area contributed by atoms with Gasteiger partial charge in [0.15, 0.2) is 0 Å². The molecule has 1 aliphatic rings. The first-order valence-electron chi connectivity index (χ1n) is 8.73. The first-order valence-corrected chi connectivity index (χ1v) is 8.73. The molecular weight excluding hydrogens is 302 g/mol. The summed E-state index contributed by atoms with van der Waals surface area (Å²) in [6.07, 6.45) is 7.69. The Morgan fingerprint density at radius 3 is 2.71 bits per heavy atom. The molecule has 0 spiro atoms. The van der Waals surface area contributed by atoms with E-state index in [1.807, 2.05) is 49.6 Å². The van der Waals surface area contributed by atoms with Gasteiger partial charge in [0.05, 0.1) is 30.9 Å². The summed E-state index contributed by atoms with van der Waals surface area (Å²) in [6, 6.07) is 0.239. The Labute approximate surface area is 143 Å². The average Bonchev–Trinajstić information content (AvgIpc) is 3.06. The summed E-state index contributed by atoms with van der Waals surface area (Å²) in [6.45, 7) is 7.69. The molecule has 0 unspecified atom stereocenters. The molecule has 3 rings (SSSR count). The van der Waals surface area contributed by atoms with Crippen LogP contribution in [-0.4, -0.2) is 43.0 Å². The standard InChI is InChI=1S/C18H27N5O/c1-13-10-19-22(11-13)12-16-7-5-6-8-23(16)18(24)9-17-14(2)20-21(4)15(17)3/h10-11,16H,5-9,12H2,1-4H3/t16-/m1/s1. The van der Waals surface area contributed by atoms with Crippen molar-refractivity contribution in [2.75, 3.05) is 6.54 Å². The van der Waals surface area contributed by atoms with Crippen LogP contribution < -0.4 is 0 Å². The lowest BCUT2D eigenvalue weighted by molar-refractivity contribution is -0.134. The molecule has 0 aromatic carbocycles. The number of likely N-dealkylation sites (tertiary alicyclic amines) is 1. The molecule has 2 aromatic rings. The Morgan fingerprint density at radius 1 is 1.29 bits per heavy atom. The fourth-order valence-electron chi connectivity index (χ4n) is 3.63. The van der Waals surface area contributed by atoms with E-state index in [-0.39, 0.29) is 11.9 Å². The maximum atomic E-state index is 12.9. The third kappa shape index (κ3) is 3.37. The number of hydrogen-bond acceptors (Lipinski definition) is 3. The predicted molar refractivity (Wildman–Crippen MR) is 92.7 cm³/mol. The second-order valence-electron chi connectivity index (χ2n) is 6.93. The zero-order chi connectivity index (χ0) is 17.3. The number of aromatic nitrogens is 4. The maximum absolute atomic E-state index is 12.9. The van der Waals surface area contributed by atoms with Crippen molar-refractivity contribution in [3.63, 3.8) is 0 Å². The Bertz CT molecular complexity index is 730. The summed E-state index contributed by atoms with van der Waals surface area (Å²) in [5.41, 5.74) is 4.27. The minimum absolute atomic E-state index is 0.211. The summed E-state index contributed by atoms with van der Waals surface area (Å²) in [7, 11) is 1.93. The van der Waals surface area contributed by atoms with E-state index in [1.165, 1.54) is 6.42 Å². The van der Waals surface area contributed by atoms with E-state index in [0.29, 0.717) is 6.42 Å². The first-order chi connectivity index (χ1) is 11.5. The molecule has 1 amide bonds. The van der Waals surface area contributed by atoms with Gasteiger partial charge in [0, 0.05) is 31.0 Å². The molecule has 2 aromatic heterocycles. The SMILES string of the molecule is Cc1cnn(C[C@H]2CCCCN2C(=O)Cc2c(C)nn(C)c2C)c1. The van der Waals surface area contributed by atoms with Gasteiger partial charge in [-0.25, -0.2) is 0 Å². The molecule has 1 atom stereocenters. The molecule has 0 aliphatic carbocycles. The van der Waals surface area contributed by atoms with Gasteiger partial charge in [0.1, 0.15) is 0 Å². The van der Waals surface area contributed by atoms with Gasteiger partial charge in [-0.05, 0) is 45.6 Å². The van der Waals surface area contributed by atoms with Crippen LogP contribution in [0.15, 0.2) is 12.4 Å². The molecule has 3 heterocycles. The van der Waals surface area contributed by atoms with Crippen LogP contribution in [0.5, 0.6) is 0 Å². The predicted octanol–water partition coefficient (Wildman–Crippen LogP) is 2.17. The van der Waals surface area contributed by atoms with Crippen LogP contribution in [0.25, 0.3) is 0 Å². The van der Waals surface area contributed by atoms with Gasteiger partial charge in [-0.1, -0.05) is 0 Å². The van der Waals surface area contributed by atoms with E-state index < -0.39 is 0 Å². The molecule has 0 saturated carbocycles. The first kappa shape index (κ1) is 16.7. The molecule has 6 heteroatoms. The van der Waals surface area contributed by atoms with Crippen molar-refractivity contribution in [3.05, 3.63) is 34.9 Å². The van der Waals surface area contributed by atoms with Gasteiger partial charge < -0.3 is 4.90 Å². The van der Waals surface area contributed by atoms with E-state index >= 15 is 0 Å². The normalized spacial score (nSPS) is 18.2. The van der Waals surface area contributed by atoms with Crippen LogP contribution >= 0.6 is 0 Å². The van der Waals surface area contributed by atoms with Crippen molar-refractivity contribution in [1.29, 1.82) is 0 Å². The highest BCUT2D eigenvalue weighted by Gasteiger charge is 2.28. The van der Waals surface area contributed by atoms with Crippen LogP contribution in [0.3, 0.4) is 0 Å². The van der Waals surface area contributed by atoms with E-state index in [9.17, 15) is 4.79 Å². The summed E-state index contributed by atoms with van der Waals surface area (Å²) < 4.78 is 3.82. The number of carbonyl (C=O) groups excluding carboxylic acids is 1. The third-order valence-electron chi connectivity index (χ3n) is 5.09. The molecule has 0 N–H and O–H groups in total. The molecule has 0 bridgehead atoms. The summed E-state index contributed by atoms with van der Waals surface area (Å²) >= 11 is 0. The Kier molecular flexibility index (Phi) is 4.73. The second kappa shape index (κ2) is 6.79. The van der Waals surface area contributed by atoms with Crippen molar-refractivity contribution >= 4 is 5.91 Å². The Balaban J connectivity index is 1.73.